The SMILES string of the molecule is COc1ncnn2ccc(-c3cnc4nc(C(C)O)n(Cc5cc(F)cc(F)c5)c4c3)c12. The highest BCUT2D eigenvalue weighted by atomic mass is 19.1. The smallest absolute Gasteiger partial charge is 0.241 e. The minimum absolute atomic E-state index is 0.111. The number of benzene rings is 1. The Kier molecular flexibility index (Phi) is 4.78. The van der Waals surface area contributed by atoms with Crippen molar-refractivity contribution in [3.8, 4) is 17.0 Å². The van der Waals surface area contributed by atoms with E-state index in [1.54, 1.807) is 28.4 Å². The van der Waals surface area contributed by atoms with E-state index in [0.717, 1.165) is 17.2 Å². The maximum Gasteiger partial charge on any atom is 0.241 e. The number of aliphatic hydroxyl groups is 1. The number of ether oxygens (including phenoxy) is 1. The summed E-state index contributed by atoms with van der Waals surface area (Å²) in [6, 6.07) is 7.05. The zero-order chi connectivity index (χ0) is 22.4. The lowest BCUT2D eigenvalue weighted by Gasteiger charge is -2.12. The number of pyridine rings is 1. The van der Waals surface area contributed by atoms with Gasteiger partial charge in [0.05, 0.1) is 12.6 Å². The fourth-order valence-corrected chi connectivity index (χ4v) is 3.85. The molecule has 162 valence electrons. The van der Waals surface area contributed by atoms with E-state index >= 15 is 0 Å². The largest absolute Gasteiger partial charge is 0.479 e. The number of rotatable bonds is 5. The standard InChI is InChI=1S/C22H18F2N6O2/c1-12(31)21-28-20-18(29(21)10-13-5-15(23)8-16(24)6-13)7-14(9-25-20)17-3-4-30-19(17)22(32-2)26-11-27-30/h3-9,11-12,31H,10H2,1-2H3. The molecule has 5 aromatic rings. The topological polar surface area (TPSA) is 90.4 Å². The Bertz CT molecular complexity index is 1440. The van der Waals surface area contributed by atoms with Crippen LogP contribution in [0.15, 0.2) is 49.1 Å². The first kappa shape index (κ1) is 20.0. The first-order valence-electron chi connectivity index (χ1n) is 9.80. The first-order valence-corrected chi connectivity index (χ1v) is 9.80. The van der Waals surface area contributed by atoms with Crippen molar-refractivity contribution in [1.82, 2.24) is 29.1 Å². The molecule has 5 rings (SSSR count). The van der Waals surface area contributed by atoms with Crippen molar-refractivity contribution >= 4 is 16.7 Å². The highest BCUT2D eigenvalue weighted by Gasteiger charge is 2.19. The molecule has 0 fully saturated rings. The lowest BCUT2D eigenvalue weighted by molar-refractivity contribution is 0.185. The predicted octanol–water partition coefficient (Wildman–Crippen LogP) is 3.53. The zero-order valence-electron chi connectivity index (χ0n) is 17.2. The summed E-state index contributed by atoms with van der Waals surface area (Å²) in [6.45, 7) is 1.69. The lowest BCUT2D eigenvalue weighted by atomic mass is 10.1. The van der Waals surface area contributed by atoms with Gasteiger partial charge in [-0.05, 0) is 36.8 Å². The number of imidazole rings is 1. The molecule has 0 saturated carbocycles. The number of hydrogen-bond acceptors (Lipinski definition) is 6. The molecule has 0 saturated heterocycles. The van der Waals surface area contributed by atoms with Crippen LogP contribution in [-0.4, -0.2) is 41.3 Å². The molecule has 10 heteroatoms. The number of halogens is 2. The molecular formula is C22H18F2N6O2. The van der Waals surface area contributed by atoms with Crippen LogP contribution in [0.5, 0.6) is 5.88 Å². The van der Waals surface area contributed by atoms with Gasteiger partial charge in [-0.2, -0.15) is 10.1 Å². The van der Waals surface area contributed by atoms with Gasteiger partial charge >= 0.3 is 0 Å². The molecule has 0 aliphatic carbocycles. The van der Waals surface area contributed by atoms with Gasteiger partial charge < -0.3 is 14.4 Å². The second kappa shape index (κ2) is 7.65. The molecule has 1 aromatic carbocycles. The monoisotopic (exact) mass is 436 g/mol. The number of aliphatic hydroxyl groups excluding tert-OH is 1. The van der Waals surface area contributed by atoms with E-state index in [1.807, 2.05) is 12.1 Å². The van der Waals surface area contributed by atoms with Crippen molar-refractivity contribution in [2.45, 2.75) is 19.6 Å². The Balaban J connectivity index is 1.69. The van der Waals surface area contributed by atoms with Crippen LogP contribution >= 0.6 is 0 Å². The van der Waals surface area contributed by atoms with Crippen molar-refractivity contribution in [3.05, 3.63) is 72.1 Å². The van der Waals surface area contributed by atoms with Crippen molar-refractivity contribution in [3.63, 3.8) is 0 Å². The Morgan fingerprint density at radius 2 is 1.91 bits per heavy atom. The third-order valence-corrected chi connectivity index (χ3v) is 5.20. The maximum atomic E-state index is 13.7. The minimum atomic E-state index is -0.908. The zero-order valence-corrected chi connectivity index (χ0v) is 17.2. The molecule has 0 amide bonds. The van der Waals surface area contributed by atoms with Gasteiger partial charge in [-0.25, -0.2) is 23.3 Å². The summed E-state index contributed by atoms with van der Waals surface area (Å²) in [7, 11) is 1.53. The Hall–Kier alpha value is -3.92. The Labute approximate surface area is 180 Å². The van der Waals surface area contributed by atoms with Crippen molar-refractivity contribution < 1.29 is 18.6 Å². The van der Waals surface area contributed by atoms with Gasteiger partial charge in [0, 0.05) is 36.1 Å². The van der Waals surface area contributed by atoms with Crippen LogP contribution in [0.25, 0.3) is 27.8 Å². The van der Waals surface area contributed by atoms with Gasteiger partial charge in [-0.3, -0.25) is 0 Å². The molecule has 1 unspecified atom stereocenters. The molecule has 0 radical (unpaired) electrons. The van der Waals surface area contributed by atoms with Gasteiger partial charge in [0.2, 0.25) is 5.88 Å². The van der Waals surface area contributed by atoms with E-state index in [-0.39, 0.29) is 6.54 Å². The lowest BCUT2D eigenvalue weighted by Crippen LogP contribution is -2.08. The molecule has 4 aromatic heterocycles. The third-order valence-electron chi connectivity index (χ3n) is 5.20. The summed E-state index contributed by atoms with van der Waals surface area (Å²) in [5.74, 6) is -0.589. The van der Waals surface area contributed by atoms with Gasteiger partial charge in [0.15, 0.2) is 5.65 Å². The van der Waals surface area contributed by atoms with E-state index < -0.39 is 17.7 Å². The summed E-state index contributed by atoms with van der Waals surface area (Å²) in [5, 5.41) is 14.5. The van der Waals surface area contributed by atoms with Crippen LogP contribution in [0.1, 0.15) is 24.4 Å². The number of nitrogens with zero attached hydrogens (tertiary/aromatic N) is 6. The molecule has 1 atom stereocenters. The van der Waals surface area contributed by atoms with E-state index in [1.165, 1.54) is 25.6 Å². The average Bonchev–Trinajstić information content (AvgIpc) is 3.34. The molecule has 0 aliphatic rings. The normalized spacial score (nSPS) is 12.5. The van der Waals surface area contributed by atoms with E-state index in [0.29, 0.717) is 33.9 Å². The fraction of sp³-hybridized carbons (Fsp3) is 0.182. The van der Waals surface area contributed by atoms with Crippen LogP contribution in [0.2, 0.25) is 0 Å². The number of methoxy groups -OCH3 is 1. The summed E-state index contributed by atoms with van der Waals surface area (Å²) in [6.07, 6.45) is 3.94. The summed E-state index contributed by atoms with van der Waals surface area (Å²) < 4.78 is 36.2. The van der Waals surface area contributed by atoms with Crippen LogP contribution in [0, 0.1) is 11.6 Å². The first-order chi connectivity index (χ1) is 15.4. The molecule has 0 bridgehead atoms. The second-order valence-corrected chi connectivity index (χ2v) is 7.37. The second-order valence-electron chi connectivity index (χ2n) is 7.37. The average molecular weight is 436 g/mol. The van der Waals surface area contributed by atoms with E-state index in [4.69, 9.17) is 4.74 Å². The molecule has 4 heterocycles. The number of hydrogen-bond donors (Lipinski definition) is 1. The van der Waals surface area contributed by atoms with Crippen LogP contribution in [0.4, 0.5) is 8.78 Å². The van der Waals surface area contributed by atoms with Crippen molar-refractivity contribution in [2.75, 3.05) is 7.11 Å². The highest BCUT2D eigenvalue weighted by Crippen LogP contribution is 2.32. The van der Waals surface area contributed by atoms with Gasteiger partial charge in [-0.1, -0.05) is 0 Å². The summed E-state index contributed by atoms with van der Waals surface area (Å²) >= 11 is 0. The molecular weight excluding hydrogens is 418 g/mol. The summed E-state index contributed by atoms with van der Waals surface area (Å²) in [4.78, 5) is 13.1. The minimum Gasteiger partial charge on any atom is -0.479 e. The number of fused-ring (bicyclic) bond motifs is 2. The molecule has 0 aliphatic heterocycles. The highest BCUT2D eigenvalue weighted by molar-refractivity contribution is 5.88. The summed E-state index contributed by atoms with van der Waals surface area (Å²) in [5.41, 5.74) is 3.63. The van der Waals surface area contributed by atoms with Crippen LogP contribution in [0.3, 0.4) is 0 Å². The Morgan fingerprint density at radius 1 is 1.12 bits per heavy atom. The maximum absolute atomic E-state index is 13.7. The van der Waals surface area contributed by atoms with Gasteiger partial charge in [0.1, 0.15) is 35.4 Å². The quantitative estimate of drug-likeness (QED) is 0.453. The van der Waals surface area contributed by atoms with Crippen molar-refractivity contribution in [1.29, 1.82) is 0 Å². The third kappa shape index (κ3) is 3.34. The van der Waals surface area contributed by atoms with E-state index in [9.17, 15) is 13.9 Å². The molecule has 32 heavy (non-hydrogen) atoms. The van der Waals surface area contributed by atoms with Gasteiger partial charge in [-0.15, -0.1) is 0 Å². The van der Waals surface area contributed by atoms with Gasteiger partial charge in [0.25, 0.3) is 0 Å². The molecule has 8 nitrogen and oxygen atoms in total. The van der Waals surface area contributed by atoms with Crippen LogP contribution in [-0.2, 0) is 6.54 Å². The Morgan fingerprint density at radius 3 is 2.62 bits per heavy atom. The van der Waals surface area contributed by atoms with Crippen molar-refractivity contribution in [2.24, 2.45) is 0 Å². The number of aromatic nitrogens is 6. The van der Waals surface area contributed by atoms with Crippen LogP contribution < -0.4 is 4.74 Å². The predicted molar refractivity (Wildman–Crippen MR) is 112 cm³/mol. The molecule has 0 spiro atoms. The fourth-order valence-electron chi connectivity index (χ4n) is 3.85. The van der Waals surface area contributed by atoms with E-state index in [2.05, 4.69) is 20.1 Å². The molecule has 1 N–H and O–H groups in total.